The third-order valence-corrected chi connectivity index (χ3v) is 7.06. The first-order chi connectivity index (χ1) is 16.9. The van der Waals surface area contributed by atoms with Gasteiger partial charge in [0.2, 0.25) is 5.91 Å². The molecule has 0 atom stereocenters. The Morgan fingerprint density at radius 3 is 2.20 bits per heavy atom. The smallest absolute Gasteiger partial charge is 0.234 e. The number of nitrogens with one attached hydrogen (secondary N) is 1. The summed E-state index contributed by atoms with van der Waals surface area (Å²) in [5.74, 6) is -0.395. The monoisotopic (exact) mass is 557 g/mol. The molecule has 3 aromatic carbocycles. The topological polar surface area (TPSA) is 65.8 Å². The van der Waals surface area contributed by atoms with Crippen molar-refractivity contribution in [2.45, 2.75) is 5.03 Å². The molecule has 4 aromatic rings. The zero-order valence-electron chi connectivity index (χ0n) is 17.9. The molecule has 1 heterocycles. The molecule has 1 N–H and O–H groups in total. The van der Waals surface area contributed by atoms with Gasteiger partial charge in [-0.15, -0.1) is 0 Å². The van der Waals surface area contributed by atoms with Gasteiger partial charge < -0.3 is 5.32 Å². The summed E-state index contributed by atoms with van der Waals surface area (Å²) in [6.07, 6.45) is 0. The predicted octanol–water partition coefficient (Wildman–Crippen LogP) is 8.63. The van der Waals surface area contributed by atoms with Gasteiger partial charge in [-0.3, -0.25) is 4.79 Å². The summed E-state index contributed by atoms with van der Waals surface area (Å²) in [5.41, 5.74) is 3.47. The number of carbonyl (C=O) groups is 1. The number of benzene rings is 3. The van der Waals surface area contributed by atoms with E-state index in [-0.39, 0.29) is 27.4 Å². The Morgan fingerprint density at radius 2 is 1.54 bits per heavy atom. The van der Waals surface area contributed by atoms with Crippen molar-refractivity contribution in [3.8, 4) is 28.5 Å². The van der Waals surface area contributed by atoms with Crippen LogP contribution in [0, 0.1) is 11.3 Å². The van der Waals surface area contributed by atoms with Crippen LogP contribution in [-0.4, -0.2) is 16.6 Å². The van der Waals surface area contributed by atoms with E-state index in [9.17, 15) is 10.1 Å². The van der Waals surface area contributed by atoms with Crippen molar-refractivity contribution in [1.29, 1.82) is 5.26 Å². The quantitative estimate of drug-likeness (QED) is 0.240. The molecule has 0 saturated heterocycles. The van der Waals surface area contributed by atoms with Gasteiger partial charge in [0.05, 0.1) is 32.7 Å². The fourth-order valence-electron chi connectivity index (χ4n) is 3.35. The van der Waals surface area contributed by atoms with Crippen LogP contribution < -0.4 is 5.32 Å². The number of nitriles is 1. The second kappa shape index (κ2) is 11.3. The van der Waals surface area contributed by atoms with Crippen LogP contribution in [0.2, 0.25) is 20.1 Å². The van der Waals surface area contributed by atoms with E-state index in [1.54, 1.807) is 6.07 Å². The number of anilines is 1. The molecule has 0 aliphatic rings. The number of pyridine rings is 1. The summed E-state index contributed by atoms with van der Waals surface area (Å²) in [7, 11) is 0. The molecule has 35 heavy (non-hydrogen) atoms. The Morgan fingerprint density at radius 1 is 0.886 bits per heavy atom. The van der Waals surface area contributed by atoms with E-state index in [1.807, 2.05) is 54.6 Å². The lowest BCUT2D eigenvalue weighted by molar-refractivity contribution is -0.113. The van der Waals surface area contributed by atoms with Crippen molar-refractivity contribution in [3.05, 3.63) is 98.5 Å². The second-order valence-corrected chi connectivity index (χ2v) is 9.90. The number of hydrogen-bond donors (Lipinski definition) is 1. The molecule has 0 radical (unpaired) electrons. The number of aromatic nitrogens is 1. The number of thioether (sulfide) groups is 1. The second-order valence-electron chi connectivity index (χ2n) is 7.27. The van der Waals surface area contributed by atoms with E-state index < -0.39 is 0 Å². The van der Waals surface area contributed by atoms with E-state index >= 15 is 0 Å². The predicted molar refractivity (Wildman–Crippen MR) is 146 cm³/mol. The lowest BCUT2D eigenvalue weighted by Gasteiger charge is -2.14. The van der Waals surface area contributed by atoms with Crippen molar-refractivity contribution in [3.63, 3.8) is 0 Å². The van der Waals surface area contributed by atoms with Gasteiger partial charge in [-0.25, -0.2) is 4.98 Å². The van der Waals surface area contributed by atoms with Crippen molar-refractivity contribution < 1.29 is 4.79 Å². The zero-order chi connectivity index (χ0) is 24.9. The highest BCUT2D eigenvalue weighted by Gasteiger charge is 2.19. The van der Waals surface area contributed by atoms with Crippen LogP contribution in [0.4, 0.5) is 5.69 Å². The minimum Gasteiger partial charge on any atom is -0.323 e. The lowest BCUT2D eigenvalue weighted by atomic mass is 9.99. The van der Waals surface area contributed by atoms with Crippen LogP contribution in [0.1, 0.15) is 5.56 Å². The maximum atomic E-state index is 12.7. The largest absolute Gasteiger partial charge is 0.323 e. The lowest BCUT2D eigenvalue weighted by Crippen LogP contribution is -2.15. The van der Waals surface area contributed by atoms with Gasteiger partial charge in [0.25, 0.3) is 0 Å². The van der Waals surface area contributed by atoms with Gasteiger partial charge in [-0.1, -0.05) is 107 Å². The fraction of sp³-hybridized carbons (Fsp3) is 0.0385. The van der Waals surface area contributed by atoms with Crippen LogP contribution in [-0.2, 0) is 4.79 Å². The van der Waals surface area contributed by atoms with E-state index in [0.29, 0.717) is 37.5 Å². The third kappa shape index (κ3) is 5.92. The molecule has 0 unspecified atom stereocenters. The van der Waals surface area contributed by atoms with E-state index in [1.165, 1.54) is 12.1 Å². The van der Waals surface area contributed by atoms with Crippen LogP contribution in [0.5, 0.6) is 0 Å². The van der Waals surface area contributed by atoms with Crippen molar-refractivity contribution in [2.75, 3.05) is 11.1 Å². The molecule has 9 heteroatoms. The standard InChI is InChI=1S/C26H15Cl4N3OS/c27-16-10-21(29)25(22(30)11-16)33-24(34)14-35-26-19(13-31)18(17-8-4-5-9-20(17)28)12-23(32-26)15-6-2-1-3-7-15/h1-12H,14H2,(H,33,34). The van der Waals surface area contributed by atoms with Gasteiger partial charge in [-0.2, -0.15) is 5.26 Å². The van der Waals surface area contributed by atoms with E-state index in [0.717, 1.165) is 17.3 Å². The van der Waals surface area contributed by atoms with E-state index in [4.69, 9.17) is 51.4 Å². The summed E-state index contributed by atoms with van der Waals surface area (Å²) in [6.45, 7) is 0. The molecule has 0 fully saturated rings. The Labute approximate surface area is 226 Å². The first kappa shape index (κ1) is 25.4. The molecule has 0 spiro atoms. The van der Waals surface area contributed by atoms with Gasteiger partial charge >= 0.3 is 0 Å². The molecule has 0 aliphatic carbocycles. The highest BCUT2D eigenvalue weighted by atomic mass is 35.5. The van der Waals surface area contributed by atoms with Gasteiger partial charge in [0.15, 0.2) is 0 Å². The maximum Gasteiger partial charge on any atom is 0.234 e. The number of nitrogens with zero attached hydrogens (tertiary/aromatic N) is 2. The third-order valence-electron chi connectivity index (χ3n) is 4.94. The highest BCUT2D eigenvalue weighted by molar-refractivity contribution is 8.00. The number of halogens is 4. The zero-order valence-corrected chi connectivity index (χ0v) is 21.7. The average molecular weight is 559 g/mol. The maximum absolute atomic E-state index is 12.7. The normalized spacial score (nSPS) is 10.6. The molecule has 4 nitrogen and oxygen atoms in total. The molecule has 174 valence electrons. The molecular formula is C26H15Cl4N3OS. The van der Waals surface area contributed by atoms with E-state index in [2.05, 4.69) is 11.4 Å². The summed E-state index contributed by atoms with van der Waals surface area (Å²) >= 11 is 25.9. The van der Waals surface area contributed by atoms with Crippen molar-refractivity contribution in [1.82, 2.24) is 4.98 Å². The number of hydrogen-bond acceptors (Lipinski definition) is 4. The number of carbonyl (C=O) groups excluding carboxylic acids is 1. The van der Waals surface area contributed by atoms with Crippen LogP contribution >= 0.6 is 58.2 Å². The molecule has 0 aliphatic heterocycles. The van der Waals surface area contributed by atoms with Crippen LogP contribution in [0.3, 0.4) is 0 Å². The van der Waals surface area contributed by atoms with Crippen molar-refractivity contribution >= 4 is 69.8 Å². The minimum atomic E-state index is -0.365. The van der Waals surface area contributed by atoms with Gasteiger partial charge in [0, 0.05) is 26.7 Å². The Hall–Kier alpha value is -2.72. The number of rotatable bonds is 6. The first-order valence-electron chi connectivity index (χ1n) is 10.2. The Bertz CT molecular complexity index is 1430. The summed E-state index contributed by atoms with van der Waals surface area (Å²) in [4.78, 5) is 17.4. The highest BCUT2D eigenvalue weighted by Crippen LogP contribution is 2.38. The Kier molecular flexibility index (Phi) is 8.22. The molecular weight excluding hydrogens is 544 g/mol. The summed E-state index contributed by atoms with van der Waals surface area (Å²) in [5, 5.41) is 14.5. The molecule has 4 rings (SSSR count). The molecule has 0 saturated carbocycles. The van der Waals surface area contributed by atoms with Gasteiger partial charge in [-0.05, 0) is 24.3 Å². The van der Waals surface area contributed by atoms with Crippen molar-refractivity contribution in [2.24, 2.45) is 0 Å². The summed E-state index contributed by atoms with van der Waals surface area (Å²) in [6, 6.07) is 23.9. The first-order valence-corrected chi connectivity index (χ1v) is 12.7. The Balaban J connectivity index is 1.70. The summed E-state index contributed by atoms with van der Waals surface area (Å²) < 4.78 is 0. The molecule has 1 aromatic heterocycles. The van der Waals surface area contributed by atoms with Crippen LogP contribution in [0.25, 0.3) is 22.4 Å². The van der Waals surface area contributed by atoms with Crippen LogP contribution in [0.15, 0.2) is 77.8 Å². The van der Waals surface area contributed by atoms with Gasteiger partial charge in [0.1, 0.15) is 11.1 Å². The fourth-order valence-corrected chi connectivity index (χ4v) is 5.31. The molecule has 1 amide bonds. The minimum absolute atomic E-state index is 0.0306. The number of amides is 1. The SMILES string of the molecule is N#Cc1c(-c2ccccc2Cl)cc(-c2ccccc2)nc1SCC(=O)Nc1c(Cl)cc(Cl)cc1Cl. The molecule has 0 bridgehead atoms. The average Bonchev–Trinajstić information content (AvgIpc) is 2.85.